The van der Waals surface area contributed by atoms with Crippen LogP contribution in [0.1, 0.15) is 28.0 Å². The highest BCUT2D eigenvalue weighted by molar-refractivity contribution is 6.03. The molecule has 2 aromatic rings. The molecule has 5 nitrogen and oxygen atoms in total. The molecule has 108 valence electrons. The van der Waals surface area contributed by atoms with E-state index in [0.717, 1.165) is 11.1 Å². The van der Waals surface area contributed by atoms with E-state index in [-0.39, 0.29) is 12.5 Å². The predicted molar refractivity (Wildman–Crippen MR) is 80.9 cm³/mol. The summed E-state index contributed by atoms with van der Waals surface area (Å²) in [6, 6.07) is 5.65. The molecular formula is C16H17N3O2. The number of aliphatic hydroxyl groups excluding tert-OH is 1. The fraction of sp³-hybridized carbons (Fsp3) is 0.250. The van der Waals surface area contributed by atoms with Crippen LogP contribution in [0.15, 0.2) is 30.7 Å². The maximum absolute atomic E-state index is 12.1. The van der Waals surface area contributed by atoms with Crippen LogP contribution < -0.4 is 5.32 Å². The molecule has 0 unspecified atom stereocenters. The van der Waals surface area contributed by atoms with Crippen molar-refractivity contribution in [3.05, 3.63) is 47.5 Å². The lowest BCUT2D eigenvalue weighted by atomic mass is 10.1. The Kier molecular flexibility index (Phi) is 4.75. The highest BCUT2D eigenvalue weighted by atomic mass is 16.2. The Morgan fingerprint density at radius 2 is 2.29 bits per heavy atom. The maximum atomic E-state index is 12.1. The van der Waals surface area contributed by atoms with Gasteiger partial charge in [-0.25, -0.2) is 4.98 Å². The number of imidazole rings is 1. The predicted octanol–water partition coefficient (Wildman–Crippen LogP) is 1.71. The van der Waals surface area contributed by atoms with Crippen molar-refractivity contribution >= 4 is 11.6 Å². The first-order valence-corrected chi connectivity index (χ1v) is 6.60. The van der Waals surface area contributed by atoms with E-state index in [1.165, 1.54) is 0 Å². The van der Waals surface area contributed by atoms with Gasteiger partial charge in [0.15, 0.2) is 0 Å². The third kappa shape index (κ3) is 3.94. The second-order valence-corrected chi connectivity index (χ2v) is 4.70. The Hall–Kier alpha value is -2.58. The van der Waals surface area contributed by atoms with Gasteiger partial charge in [0.05, 0.1) is 18.6 Å². The summed E-state index contributed by atoms with van der Waals surface area (Å²) < 4.78 is 1.72. The summed E-state index contributed by atoms with van der Waals surface area (Å²) in [5, 5.41) is 11.6. The van der Waals surface area contributed by atoms with Crippen LogP contribution in [0.5, 0.6) is 0 Å². The minimum Gasteiger partial charge on any atom is -0.395 e. The van der Waals surface area contributed by atoms with Crippen LogP contribution in [0.4, 0.5) is 5.69 Å². The van der Waals surface area contributed by atoms with Gasteiger partial charge in [0.1, 0.15) is 5.69 Å². The lowest BCUT2D eigenvalue weighted by molar-refractivity contribution is 0.102. The molecule has 5 heteroatoms. The number of rotatable bonds is 3. The van der Waals surface area contributed by atoms with Crippen molar-refractivity contribution in [2.75, 3.05) is 11.9 Å². The molecule has 0 radical (unpaired) electrons. The lowest BCUT2D eigenvalue weighted by Gasteiger charge is -2.07. The number of carbonyl (C=O) groups excluding carboxylic acids is 1. The molecule has 0 saturated heterocycles. The van der Waals surface area contributed by atoms with Crippen molar-refractivity contribution in [1.29, 1.82) is 0 Å². The molecule has 0 aliphatic rings. The van der Waals surface area contributed by atoms with Gasteiger partial charge in [-0.05, 0) is 24.6 Å². The molecule has 0 aliphatic carbocycles. The third-order valence-electron chi connectivity index (χ3n) is 2.82. The zero-order valence-electron chi connectivity index (χ0n) is 12.1. The van der Waals surface area contributed by atoms with Crippen molar-refractivity contribution < 1.29 is 9.90 Å². The van der Waals surface area contributed by atoms with E-state index >= 15 is 0 Å². The van der Waals surface area contributed by atoms with E-state index in [4.69, 9.17) is 5.11 Å². The largest absolute Gasteiger partial charge is 0.395 e. The van der Waals surface area contributed by atoms with E-state index in [2.05, 4.69) is 22.1 Å². The van der Waals surface area contributed by atoms with Crippen LogP contribution in [0, 0.1) is 18.8 Å². The number of amides is 1. The number of nitrogens with one attached hydrogen (secondary N) is 1. The first kappa shape index (κ1) is 14.8. The third-order valence-corrected chi connectivity index (χ3v) is 2.82. The van der Waals surface area contributed by atoms with Gasteiger partial charge >= 0.3 is 0 Å². The Morgan fingerprint density at radius 3 is 2.95 bits per heavy atom. The Bertz CT molecular complexity index is 708. The summed E-state index contributed by atoms with van der Waals surface area (Å²) in [4.78, 5) is 16.2. The summed E-state index contributed by atoms with van der Waals surface area (Å²) in [5.41, 5.74) is 2.75. The van der Waals surface area contributed by atoms with Gasteiger partial charge in [-0.3, -0.25) is 4.79 Å². The summed E-state index contributed by atoms with van der Waals surface area (Å²) in [6.45, 7) is 1.97. The molecule has 0 fully saturated rings. The second kappa shape index (κ2) is 6.73. The molecule has 0 spiro atoms. The van der Waals surface area contributed by atoms with E-state index in [0.29, 0.717) is 17.8 Å². The minimum atomic E-state index is -0.272. The molecule has 1 aromatic heterocycles. The van der Waals surface area contributed by atoms with Crippen LogP contribution in [-0.4, -0.2) is 27.2 Å². The first-order valence-electron chi connectivity index (χ1n) is 6.60. The first-order chi connectivity index (χ1) is 10.1. The standard InChI is InChI=1S/C16H17N3O2/c1-12-6-7-13(5-3-4-8-20)14(9-12)18-16(21)15-10-19(2)11-17-15/h6-7,9-11,20H,4,8H2,1-2H3,(H,18,21). The normalized spacial score (nSPS) is 9.86. The van der Waals surface area contributed by atoms with Crippen LogP contribution in [0.3, 0.4) is 0 Å². The molecule has 0 atom stereocenters. The van der Waals surface area contributed by atoms with E-state index < -0.39 is 0 Å². The molecule has 0 saturated carbocycles. The van der Waals surface area contributed by atoms with Gasteiger partial charge in [0.25, 0.3) is 5.91 Å². The number of carbonyl (C=O) groups is 1. The molecule has 1 aromatic carbocycles. The molecule has 21 heavy (non-hydrogen) atoms. The van der Waals surface area contributed by atoms with Crippen LogP contribution in [-0.2, 0) is 7.05 Å². The quantitative estimate of drug-likeness (QED) is 0.843. The molecule has 1 heterocycles. The van der Waals surface area contributed by atoms with Gasteiger partial charge in [0.2, 0.25) is 0 Å². The van der Waals surface area contributed by atoms with E-state index in [1.54, 1.807) is 17.1 Å². The van der Waals surface area contributed by atoms with Gasteiger partial charge < -0.3 is 15.0 Å². The van der Waals surface area contributed by atoms with Gasteiger partial charge in [-0.1, -0.05) is 17.9 Å². The molecule has 0 bridgehead atoms. The van der Waals surface area contributed by atoms with Crippen LogP contribution in [0.25, 0.3) is 0 Å². The van der Waals surface area contributed by atoms with E-state index in [9.17, 15) is 4.79 Å². The van der Waals surface area contributed by atoms with Gasteiger partial charge in [-0.2, -0.15) is 0 Å². The van der Waals surface area contributed by atoms with Crippen molar-refractivity contribution in [3.63, 3.8) is 0 Å². The average molecular weight is 283 g/mol. The highest BCUT2D eigenvalue weighted by Crippen LogP contribution is 2.17. The van der Waals surface area contributed by atoms with Crippen molar-refractivity contribution in [2.24, 2.45) is 7.05 Å². The number of anilines is 1. The van der Waals surface area contributed by atoms with Crippen LogP contribution >= 0.6 is 0 Å². The SMILES string of the molecule is Cc1ccc(C#CCCO)c(NC(=O)c2cn(C)cn2)c1. The highest BCUT2D eigenvalue weighted by Gasteiger charge is 2.11. The zero-order chi connectivity index (χ0) is 15.2. The van der Waals surface area contributed by atoms with Crippen molar-refractivity contribution in [1.82, 2.24) is 9.55 Å². The molecular weight excluding hydrogens is 266 g/mol. The fourth-order valence-electron chi connectivity index (χ4n) is 1.80. The lowest BCUT2D eigenvalue weighted by Crippen LogP contribution is -2.13. The number of aromatic nitrogens is 2. The summed E-state index contributed by atoms with van der Waals surface area (Å²) in [7, 11) is 1.81. The smallest absolute Gasteiger partial charge is 0.275 e. The number of benzene rings is 1. The van der Waals surface area contributed by atoms with E-state index in [1.807, 2.05) is 32.2 Å². The minimum absolute atomic E-state index is 0.0223. The Morgan fingerprint density at radius 1 is 1.48 bits per heavy atom. The van der Waals surface area contributed by atoms with Gasteiger partial charge in [0, 0.05) is 25.2 Å². The monoisotopic (exact) mass is 283 g/mol. The second-order valence-electron chi connectivity index (χ2n) is 4.70. The van der Waals surface area contributed by atoms with Gasteiger partial charge in [-0.15, -0.1) is 0 Å². The summed E-state index contributed by atoms with van der Waals surface area (Å²) in [5.74, 6) is 5.54. The molecule has 0 aliphatic heterocycles. The number of nitrogens with zero attached hydrogens (tertiary/aromatic N) is 2. The number of aliphatic hydroxyl groups is 1. The fourth-order valence-corrected chi connectivity index (χ4v) is 1.80. The van der Waals surface area contributed by atoms with Crippen molar-refractivity contribution in [2.45, 2.75) is 13.3 Å². The molecule has 2 rings (SSSR count). The maximum Gasteiger partial charge on any atom is 0.275 e. The summed E-state index contributed by atoms with van der Waals surface area (Å²) in [6.07, 6.45) is 3.64. The zero-order valence-corrected chi connectivity index (χ0v) is 12.1. The van der Waals surface area contributed by atoms with Crippen LogP contribution in [0.2, 0.25) is 0 Å². The number of aryl methyl sites for hydroxylation is 2. The molecule has 1 amide bonds. The number of hydrogen-bond donors (Lipinski definition) is 2. The average Bonchev–Trinajstić information content (AvgIpc) is 2.88. The molecule has 2 N–H and O–H groups in total. The Balaban J connectivity index is 2.24. The number of hydrogen-bond acceptors (Lipinski definition) is 3. The topological polar surface area (TPSA) is 67.2 Å². The van der Waals surface area contributed by atoms with Crippen molar-refractivity contribution in [3.8, 4) is 11.8 Å². The summed E-state index contributed by atoms with van der Waals surface area (Å²) >= 11 is 0. The Labute approximate surface area is 123 Å².